The smallest absolute Gasteiger partial charge is 0.163 e. The Labute approximate surface area is 180 Å². The van der Waals surface area contributed by atoms with E-state index in [1.807, 2.05) is 25.1 Å². The van der Waals surface area contributed by atoms with Crippen molar-refractivity contribution in [3.05, 3.63) is 58.1 Å². The van der Waals surface area contributed by atoms with Gasteiger partial charge in [-0.15, -0.1) is 0 Å². The first kappa shape index (κ1) is 23.5. The van der Waals surface area contributed by atoms with Crippen LogP contribution in [-0.4, -0.2) is 26.4 Å². The van der Waals surface area contributed by atoms with Crippen LogP contribution < -0.4 is 14.8 Å². The average molecular weight is 420 g/mol. The highest BCUT2D eigenvalue weighted by molar-refractivity contribution is 6.31. The Bertz CT molecular complexity index is 736. The topological polar surface area (TPSA) is 39.7 Å². The fourth-order valence-electron chi connectivity index (χ4n) is 2.93. The van der Waals surface area contributed by atoms with Crippen molar-refractivity contribution in [3.63, 3.8) is 0 Å². The second-order valence-corrected chi connectivity index (χ2v) is 7.50. The standard InChI is InChI=1S/C24H34ClNO3/c1-4-6-12-27-13-8-11-26-17-21-15-23(28-5-2)24(16-22(21)25)29-18-20-10-7-9-19(3)14-20/h7,9-10,14-16,26H,4-6,8,11-13,17-18H2,1-3H3. The molecule has 160 valence electrons. The van der Waals surface area contributed by atoms with E-state index >= 15 is 0 Å². The molecule has 0 bridgehead atoms. The molecule has 2 aromatic rings. The van der Waals surface area contributed by atoms with Crippen LogP contribution in [0.25, 0.3) is 0 Å². The third-order valence-electron chi connectivity index (χ3n) is 4.49. The Morgan fingerprint density at radius 2 is 1.76 bits per heavy atom. The number of unbranched alkanes of at least 4 members (excludes halogenated alkanes) is 1. The largest absolute Gasteiger partial charge is 0.490 e. The molecule has 0 radical (unpaired) electrons. The second kappa shape index (κ2) is 13.5. The fraction of sp³-hybridized carbons (Fsp3) is 0.500. The van der Waals surface area contributed by atoms with E-state index in [2.05, 4.69) is 37.4 Å². The minimum atomic E-state index is 0.480. The monoisotopic (exact) mass is 419 g/mol. The molecule has 4 nitrogen and oxygen atoms in total. The molecule has 29 heavy (non-hydrogen) atoms. The maximum absolute atomic E-state index is 6.51. The summed E-state index contributed by atoms with van der Waals surface area (Å²) < 4.78 is 17.4. The lowest BCUT2D eigenvalue weighted by Gasteiger charge is -2.15. The summed E-state index contributed by atoms with van der Waals surface area (Å²) in [6.45, 7) is 10.5. The summed E-state index contributed by atoms with van der Waals surface area (Å²) in [5, 5.41) is 4.11. The number of halogens is 1. The molecule has 2 aromatic carbocycles. The number of hydrogen-bond donors (Lipinski definition) is 1. The van der Waals surface area contributed by atoms with Gasteiger partial charge in [0.1, 0.15) is 6.61 Å². The van der Waals surface area contributed by atoms with E-state index in [0.29, 0.717) is 30.5 Å². The maximum Gasteiger partial charge on any atom is 0.163 e. The zero-order valence-electron chi connectivity index (χ0n) is 17.9. The number of ether oxygens (including phenoxy) is 3. The summed E-state index contributed by atoms with van der Waals surface area (Å²) in [4.78, 5) is 0. The molecule has 0 fully saturated rings. The lowest BCUT2D eigenvalue weighted by Crippen LogP contribution is -2.17. The van der Waals surface area contributed by atoms with E-state index in [0.717, 1.165) is 49.5 Å². The maximum atomic E-state index is 6.51. The molecule has 0 saturated heterocycles. The fourth-order valence-corrected chi connectivity index (χ4v) is 3.15. The lowest BCUT2D eigenvalue weighted by atomic mass is 10.1. The molecule has 0 amide bonds. The van der Waals surface area contributed by atoms with E-state index in [1.165, 1.54) is 12.0 Å². The molecule has 0 heterocycles. The van der Waals surface area contributed by atoms with Crippen LogP contribution in [0.2, 0.25) is 5.02 Å². The molecule has 0 saturated carbocycles. The van der Waals surface area contributed by atoms with Crippen molar-refractivity contribution >= 4 is 11.6 Å². The first-order valence-electron chi connectivity index (χ1n) is 10.6. The van der Waals surface area contributed by atoms with Crippen molar-refractivity contribution in [2.45, 2.75) is 53.2 Å². The highest BCUT2D eigenvalue weighted by Gasteiger charge is 2.11. The zero-order chi connectivity index (χ0) is 20.9. The number of benzene rings is 2. The third kappa shape index (κ3) is 8.65. The SMILES string of the molecule is CCCCOCCCNCc1cc(OCC)c(OCc2cccc(C)c2)cc1Cl. The molecule has 0 spiro atoms. The zero-order valence-corrected chi connectivity index (χ0v) is 18.7. The van der Waals surface area contributed by atoms with Crippen LogP contribution >= 0.6 is 11.6 Å². The van der Waals surface area contributed by atoms with Crippen LogP contribution in [0.3, 0.4) is 0 Å². The van der Waals surface area contributed by atoms with Gasteiger partial charge in [-0.2, -0.15) is 0 Å². The van der Waals surface area contributed by atoms with Gasteiger partial charge in [0.25, 0.3) is 0 Å². The van der Waals surface area contributed by atoms with Crippen molar-refractivity contribution in [3.8, 4) is 11.5 Å². The predicted molar refractivity (Wildman–Crippen MR) is 120 cm³/mol. The van der Waals surface area contributed by atoms with Gasteiger partial charge in [0.2, 0.25) is 0 Å². The van der Waals surface area contributed by atoms with Gasteiger partial charge in [-0.25, -0.2) is 0 Å². The van der Waals surface area contributed by atoms with Crippen molar-refractivity contribution in [1.29, 1.82) is 0 Å². The Kier molecular flexibility index (Phi) is 10.9. The lowest BCUT2D eigenvalue weighted by molar-refractivity contribution is 0.129. The normalized spacial score (nSPS) is 10.9. The number of rotatable bonds is 14. The highest BCUT2D eigenvalue weighted by atomic mass is 35.5. The van der Waals surface area contributed by atoms with Crippen LogP contribution in [0, 0.1) is 6.92 Å². The molecule has 1 N–H and O–H groups in total. The Balaban J connectivity index is 1.89. The molecule has 5 heteroatoms. The third-order valence-corrected chi connectivity index (χ3v) is 4.84. The summed E-state index contributed by atoms with van der Waals surface area (Å²) in [7, 11) is 0. The molecule has 0 aliphatic carbocycles. The molecular weight excluding hydrogens is 386 g/mol. The summed E-state index contributed by atoms with van der Waals surface area (Å²) in [6, 6.07) is 12.1. The van der Waals surface area contributed by atoms with Crippen molar-refractivity contribution in [2.75, 3.05) is 26.4 Å². The van der Waals surface area contributed by atoms with Crippen molar-refractivity contribution in [1.82, 2.24) is 5.32 Å². The van der Waals surface area contributed by atoms with E-state index < -0.39 is 0 Å². The van der Waals surface area contributed by atoms with Gasteiger partial charge >= 0.3 is 0 Å². The van der Waals surface area contributed by atoms with Crippen LogP contribution in [0.4, 0.5) is 0 Å². The Morgan fingerprint density at radius 1 is 0.966 bits per heavy atom. The number of aryl methyl sites for hydroxylation is 1. The quantitative estimate of drug-likeness (QED) is 0.385. The van der Waals surface area contributed by atoms with Gasteiger partial charge in [-0.05, 0) is 50.4 Å². The number of hydrogen-bond acceptors (Lipinski definition) is 4. The van der Waals surface area contributed by atoms with E-state index in [9.17, 15) is 0 Å². The van der Waals surface area contributed by atoms with Crippen LogP contribution in [0.5, 0.6) is 11.5 Å². The van der Waals surface area contributed by atoms with Gasteiger partial charge in [-0.3, -0.25) is 0 Å². The predicted octanol–water partition coefficient (Wildman–Crippen LogP) is 5.92. The van der Waals surface area contributed by atoms with Crippen molar-refractivity contribution in [2.24, 2.45) is 0 Å². The van der Waals surface area contributed by atoms with Gasteiger partial charge in [0, 0.05) is 30.8 Å². The van der Waals surface area contributed by atoms with Crippen molar-refractivity contribution < 1.29 is 14.2 Å². The average Bonchev–Trinajstić information content (AvgIpc) is 2.71. The van der Waals surface area contributed by atoms with Crippen LogP contribution in [0.15, 0.2) is 36.4 Å². The van der Waals surface area contributed by atoms with Gasteiger partial charge < -0.3 is 19.5 Å². The molecule has 0 aliphatic heterocycles. The Morgan fingerprint density at radius 3 is 2.52 bits per heavy atom. The molecule has 0 aromatic heterocycles. The highest BCUT2D eigenvalue weighted by Crippen LogP contribution is 2.34. The van der Waals surface area contributed by atoms with Crippen LogP contribution in [0.1, 0.15) is 49.8 Å². The first-order valence-corrected chi connectivity index (χ1v) is 10.9. The Hall–Kier alpha value is -1.75. The summed E-state index contributed by atoms with van der Waals surface area (Å²) in [5.41, 5.74) is 3.34. The molecule has 0 atom stereocenters. The minimum Gasteiger partial charge on any atom is -0.490 e. The van der Waals surface area contributed by atoms with Gasteiger partial charge in [0.15, 0.2) is 11.5 Å². The summed E-state index contributed by atoms with van der Waals surface area (Å²) in [5.74, 6) is 1.40. The van der Waals surface area contributed by atoms with E-state index in [1.54, 1.807) is 0 Å². The van der Waals surface area contributed by atoms with Gasteiger partial charge in [0.05, 0.1) is 6.61 Å². The van der Waals surface area contributed by atoms with E-state index in [4.69, 9.17) is 25.8 Å². The summed E-state index contributed by atoms with van der Waals surface area (Å²) in [6.07, 6.45) is 3.28. The van der Waals surface area contributed by atoms with E-state index in [-0.39, 0.29) is 0 Å². The molecule has 2 rings (SSSR count). The molecule has 0 aliphatic rings. The molecular formula is C24H34ClNO3. The van der Waals surface area contributed by atoms with Gasteiger partial charge in [-0.1, -0.05) is 54.8 Å². The minimum absolute atomic E-state index is 0.480. The first-order chi connectivity index (χ1) is 14.1. The molecule has 0 unspecified atom stereocenters. The second-order valence-electron chi connectivity index (χ2n) is 7.10. The van der Waals surface area contributed by atoms with Crippen LogP contribution in [-0.2, 0) is 17.9 Å². The number of nitrogens with one attached hydrogen (secondary N) is 1. The summed E-state index contributed by atoms with van der Waals surface area (Å²) >= 11 is 6.51.